The molecule has 2 aromatic carbocycles. The smallest absolute Gasteiger partial charge is 0.223 e. The summed E-state index contributed by atoms with van der Waals surface area (Å²) in [4.78, 5) is 14.9. The van der Waals surface area contributed by atoms with Crippen LogP contribution in [0.3, 0.4) is 0 Å². The molecule has 0 atom stereocenters. The molecule has 132 valence electrons. The molecule has 1 aliphatic rings. The zero-order valence-electron chi connectivity index (χ0n) is 14.8. The summed E-state index contributed by atoms with van der Waals surface area (Å²) in [5.74, 6) is 0.882. The van der Waals surface area contributed by atoms with Gasteiger partial charge in [0.2, 0.25) is 5.91 Å². The normalized spacial score (nSPS) is 15.0. The first-order valence-corrected chi connectivity index (χ1v) is 9.24. The second-order valence-corrected chi connectivity index (χ2v) is 6.82. The Morgan fingerprint density at radius 3 is 1.92 bits per heavy atom. The minimum atomic E-state index is 0.249. The van der Waals surface area contributed by atoms with Crippen LogP contribution in [0, 0.1) is 5.92 Å². The van der Waals surface area contributed by atoms with E-state index in [4.69, 9.17) is 4.74 Å². The predicted molar refractivity (Wildman–Crippen MR) is 99.9 cm³/mol. The van der Waals surface area contributed by atoms with E-state index in [9.17, 15) is 4.79 Å². The number of carbonyl (C=O) groups excluding carboxylic acids is 1. The minimum absolute atomic E-state index is 0.249. The number of ether oxygens (including phenoxy) is 1. The average Bonchev–Trinajstić information content (AvgIpc) is 2.68. The van der Waals surface area contributed by atoms with Gasteiger partial charge in [-0.15, -0.1) is 0 Å². The van der Waals surface area contributed by atoms with Crippen LogP contribution >= 0.6 is 0 Å². The van der Waals surface area contributed by atoms with E-state index in [0.29, 0.717) is 25.4 Å². The average molecular weight is 337 g/mol. The maximum Gasteiger partial charge on any atom is 0.223 e. The molecule has 1 heterocycles. The van der Waals surface area contributed by atoms with Crippen molar-refractivity contribution in [1.29, 1.82) is 0 Å². The number of rotatable bonds is 7. The van der Waals surface area contributed by atoms with Gasteiger partial charge in [-0.05, 0) is 36.3 Å². The summed E-state index contributed by atoms with van der Waals surface area (Å²) in [6.45, 7) is 3.03. The van der Waals surface area contributed by atoms with Gasteiger partial charge in [0.25, 0.3) is 0 Å². The molecule has 0 saturated carbocycles. The lowest BCUT2D eigenvalue weighted by Crippen LogP contribution is -2.30. The van der Waals surface area contributed by atoms with Gasteiger partial charge < -0.3 is 9.64 Å². The Morgan fingerprint density at radius 1 is 0.880 bits per heavy atom. The third kappa shape index (κ3) is 5.71. The molecule has 0 radical (unpaired) electrons. The van der Waals surface area contributed by atoms with E-state index in [2.05, 4.69) is 24.3 Å². The van der Waals surface area contributed by atoms with Crippen LogP contribution in [0.4, 0.5) is 0 Å². The standard InChI is InChI=1S/C22H27NO2/c24-22(12-11-19-13-15-25-16-14-19)23(17-20-7-3-1-4-8-20)18-21-9-5-2-6-10-21/h1-10,19H,11-18H2. The molecule has 0 aliphatic carbocycles. The first-order chi connectivity index (χ1) is 12.3. The maximum absolute atomic E-state index is 12.9. The Morgan fingerprint density at radius 2 is 1.40 bits per heavy atom. The van der Waals surface area contributed by atoms with E-state index in [0.717, 1.165) is 32.5 Å². The van der Waals surface area contributed by atoms with Crippen molar-refractivity contribution in [3.8, 4) is 0 Å². The van der Waals surface area contributed by atoms with Crippen LogP contribution < -0.4 is 0 Å². The van der Waals surface area contributed by atoms with Gasteiger partial charge in [0.1, 0.15) is 0 Å². The van der Waals surface area contributed by atoms with Crippen molar-refractivity contribution in [3.05, 3.63) is 71.8 Å². The summed E-state index contributed by atoms with van der Waals surface area (Å²) in [7, 11) is 0. The lowest BCUT2D eigenvalue weighted by molar-refractivity contribution is -0.133. The van der Waals surface area contributed by atoms with Gasteiger partial charge in [0.05, 0.1) is 0 Å². The van der Waals surface area contributed by atoms with E-state index < -0.39 is 0 Å². The van der Waals surface area contributed by atoms with Crippen molar-refractivity contribution in [2.75, 3.05) is 13.2 Å². The van der Waals surface area contributed by atoms with Crippen LogP contribution in [-0.2, 0) is 22.6 Å². The maximum atomic E-state index is 12.9. The highest BCUT2D eigenvalue weighted by Gasteiger charge is 2.19. The van der Waals surface area contributed by atoms with Gasteiger partial charge in [-0.25, -0.2) is 0 Å². The fourth-order valence-electron chi connectivity index (χ4n) is 3.36. The Bertz CT molecular complexity index is 594. The number of hydrogen-bond donors (Lipinski definition) is 0. The van der Waals surface area contributed by atoms with E-state index in [-0.39, 0.29) is 5.91 Å². The lowest BCUT2D eigenvalue weighted by Gasteiger charge is -2.26. The molecular formula is C22H27NO2. The van der Waals surface area contributed by atoms with Crippen molar-refractivity contribution in [2.24, 2.45) is 5.92 Å². The molecule has 3 rings (SSSR count). The van der Waals surface area contributed by atoms with Crippen molar-refractivity contribution in [1.82, 2.24) is 4.90 Å². The molecule has 0 unspecified atom stereocenters. The Hall–Kier alpha value is -2.13. The third-order valence-electron chi connectivity index (χ3n) is 4.89. The summed E-state index contributed by atoms with van der Waals surface area (Å²) in [5.41, 5.74) is 2.36. The van der Waals surface area contributed by atoms with E-state index >= 15 is 0 Å². The highest BCUT2D eigenvalue weighted by Crippen LogP contribution is 2.21. The molecule has 0 spiro atoms. The SMILES string of the molecule is O=C(CCC1CCOCC1)N(Cc1ccccc1)Cc1ccccc1. The summed E-state index contributed by atoms with van der Waals surface area (Å²) in [6.07, 6.45) is 3.78. The van der Waals surface area contributed by atoms with Gasteiger partial charge in [-0.2, -0.15) is 0 Å². The lowest BCUT2D eigenvalue weighted by atomic mass is 9.94. The second-order valence-electron chi connectivity index (χ2n) is 6.82. The van der Waals surface area contributed by atoms with Gasteiger partial charge in [0.15, 0.2) is 0 Å². The summed E-state index contributed by atoms with van der Waals surface area (Å²) in [6, 6.07) is 20.5. The van der Waals surface area contributed by atoms with Crippen LogP contribution in [0.2, 0.25) is 0 Å². The quantitative estimate of drug-likeness (QED) is 0.748. The molecule has 1 aliphatic heterocycles. The molecule has 3 heteroatoms. The van der Waals surface area contributed by atoms with E-state index in [1.807, 2.05) is 41.3 Å². The van der Waals surface area contributed by atoms with Crippen LogP contribution in [0.1, 0.15) is 36.8 Å². The van der Waals surface area contributed by atoms with Gasteiger partial charge in [-0.3, -0.25) is 4.79 Å². The van der Waals surface area contributed by atoms with Crippen LogP contribution in [0.25, 0.3) is 0 Å². The monoisotopic (exact) mass is 337 g/mol. The fraction of sp³-hybridized carbons (Fsp3) is 0.409. The van der Waals surface area contributed by atoms with Crippen molar-refractivity contribution in [2.45, 2.75) is 38.8 Å². The Balaban J connectivity index is 1.62. The highest BCUT2D eigenvalue weighted by atomic mass is 16.5. The van der Waals surface area contributed by atoms with Crippen molar-refractivity contribution >= 4 is 5.91 Å². The second kappa shape index (κ2) is 9.38. The van der Waals surface area contributed by atoms with Crippen molar-refractivity contribution < 1.29 is 9.53 Å². The summed E-state index contributed by atoms with van der Waals surface area (Å²) < 4.78 is 5.42. The highest BCUT2D eigenvalue weighted by molar-refractivity contribution is 5.76. The van der Waals surface area contributed by atoms with Gasteiger partial charge >= 0.3 is 0 Å². The third-order valence-corrected chi connectivity index (χ3v) is 4.89. The van der Waals surface area contributed by atoms with Crippen molar-refractivity contribution in [3.63, 3.8) is 0 Å². The van der Waals surface area contributed by atoms with E-state index in [1.54, 1.807) is 0 Å². The molecule has 0 N–H and O–H groups in total. The number of nitrogens with zero attached hydrogens (tertiary/aromatic N) is 1. The van der Waals surface area contributed by atoms with Gasteiger partial charge in [-0.1, -0.05) is 60.7 Å². The fourth-order valence-corrected chi connectivity index (χ4v) is 3.36. The number of hydrogen-bond acceptors (Lipinski definition) is 2. The Kier molecular flexibility index (Phi) is 6.63. The molecule has 25 heavy (non-hydrogen) atoms. The Labute approximate surface area is 150 Å². The number of benzene rings is 2. The molecular weight excluding hydrogens is 310 g/mol. The summed E-state index contributed by atoms with van der Waals surface area (Å²) >= 11 is 0. The zero-order valence-corrected chi connectivity index (χ0v) is 14.8. The summed E-state index contributed by atoms with van der Waals surface area (Å²) in [5, 5.41) is 0. The number of carbonyl (C=O) groups is 1. The molecule has 2 aromatic rings. The van der Waals surface area contributed by atoms with Gasteiger partial charge in [0, 0.05) is 32.7 Å². The van der Waals surface area contributed by atoms with Crippen LogP contribution in [0.5, 0.6) is 0 Å². The molecule has 1 fully saturated rings. The van der Waals surface area contributed by atoms with E-state index in [1.165, 1.54) is 11.1 Å². The molecule has 0 aromatic heterocycles. The topological polar surface area (TPSA) is 29.5 Å². The number of amides is 1. The predicted octanol–water partition coefficient (Wildman–Crippen LogP) is 4.42. The molecule has 0 bridgehead atoms. The first kappa shape index (κ1) is 17.7. The molecule has 1 amide bonds. The minimum Gasteiger partial charge on any atom is -0.381 e. The zero-order chi connectivity index (χ0) is 17.3. The largest absolute Gasteiger partial charge is 0.381 e. The van der Waals surface area contributed by atoms with Crippen LogP contribution in [0.15, 0.2) is 60.7 Å². The van der Waals surface area contributed by atoms with Crippen LogP contribution in [-0.4, -0.2) is 24.0 Å². The molecule has 3 nitrogen and oxygen atoms in total. The molecule has 1 saturated heterocycles. The first-order valence-electron chi connectivity index (χ1n) is 9.24.